The fourth-order valence-electron chi connectivity index (χ4n) is 9.23. The summed E-state index contributed by atoms with van der Waals surface area (Å²) in [7, 11) is 1.69. The minimum Gasteiger partial charge on any atom is -0.487 e. The van der Waals surface area contributed by atoms with Gasteiger partial charge in [0.25, 0.3) is 0 Å². The van der Waals surface area contributed by atoms with Crippen molar-refractivity contribution < 1.29 is 46.9 Å². The number of likely N-dealkylation sites (tertiary alicyclic amines) is 1. The predicted octanol–water partition coefficient (Wildman–Crippen LogP) is 5.43. The van der Waals surface area contributed by atoms with E-state index in [2.05, 4.69) is 31.2 Å². The van der Waals surface area contributed by atoms with E-state index in [1.165, 1.54) is 17.4 Å². The Bertz CT molecular complexity index is 2240. The van der Waals surface area contributed by atoms with Gasteiger partial charge in [-0.05, 0) is 68.8 Å². The molecule has 4 amide bonds. The lowest BCUT2D eigenvalue weighted by atomic mass is 9.83. The number of carbonyl (C=O) groups is 4. The van der Waals surface area contributed by atoms with Crippen LogP contribution in [-0.4, -0.2) is 137 Å². The molecule has 15 nitrogen and oxygen atoms in total. The molecule has 4 N–H and O–H groups in total. The molecule has 18 heteroatoms. The van der Waals surface area contributed by atoms with Crippen LogP contribution in [0.2, 0.25) is 0 Å². The summed E-state index contributed by atoms with van der Waals surface area (Å²) in [5.41, 5.74) is 2.45. The van der Waals surface area contributed by atoms with E-state index in [1.807, 2.05) is 60.7 Å². The fraction of sp³-hybridized carbons (Fsp3) is 0.510. The molecule has 69 heavy (non-hydrogen) atoms. The summed E-state index contributed by atoms with van der Waals surface area (Å²) >= 11 is 1.42. The number of morpholine rings is 1. The maximum atomic E-state index is 15.0. The Morgan fingerprint density at radius 2 is 1.46 bits per heavy atom. The minimum absolute atomic E-state index is 0.0401. The van der Waals surface area contributed by atoms with Gasteiger partial charge in [-0.15, -0.1) is 11.3 Å². The summed E-state index contributed by atoms with van der Waals surface area (Å²) in [6.07, 6.45) is 5.66. The van der Waals surface area contributed by atoms with Crippen LogP contribution in [0.25, 0.3) is 11.3 Å². The molecule has 3 heterocycles. The van der Waals surface area contributed by atoms with Gasteiger partial charge in [0, 0.05) is 43.0 Å². The molecule has 2 saturated heterocycles. The first-order chi connectivity index (χ1) is 33.6. The molecule has 1 unspecified atom stereocenters. The summed E-state index contributed by atoms with van der Waals surface area (Å²) in [6.45, 7) is 5.31. The van der Waals surface area contributed by atoms with Gasteiger partial charge < -0.3 is 50.0 Å². The van der Waals surface area contributed by atoms with Gasteiger partial charge in [-0.2, -0.15) is 4.39 Å². The average molecular weight is 974 g/mol. The molecule has 1 aromatic heterocycles. The van der Waals surface area contributed by atoms with Crippen molar-refractivity contribution in [2.75, 3.05) is 84.4 Å². The molecule has 3 aliphatic rings. The third-order valence-electron chi connectivity index (χ3n) is 13.1. The second kappa shape index (κ2) is 25.9. The average Bonchev–Trinajstić information content (AvgIpc) is 4.10. The summed E-state index contributed by atoms with van der Waals surface area (Å²) in [4.78, 5) is 64.8. The smallest absolute Gasteiger partial charge is 0.246 e. The molecule has 3 fully saturated rings. The number of hydrogen-bond donors (Lipinski definition) is 4. The first kappa shape index (κ1) is 51.3. The normalized spacial score (nSPS) is 17.8. The number of nitrogens with one attached hydrogen (secondary N) is 4. The Labute approximate surface area is 407 Å². The third kappa shape index (κ3) is 13.6. The standard InChI is InChI=1S/C51H65F2N7O8S/c1-34(54-2)47(61)57-44(37-17-10-5-11-18-37)50(64)60-23-12-19-41(60)48(62)58-45(42(35-13-6-3-7-14-35)36-15-8-4-9-16-36)49(63)55-22-26-65-29-30-67-31-32-68-46-38(20-21-39(52)43(46)53)40-33-69-51(56-40)59-24-27-66-28-25-59/h3-4,6-9,13-16,20-21,33-34,37,41-42,44-45,54H,5,10-12,17-19,22-32H2,1-2H3,(H,55,63)(H,57,61)(H,58,62)/t34-,41?,44-,45-/m0/s1. The Balaban J connectivity index is 0.941. The predicted molar refractivity (Wildman–Crippen MR) is 259 cm³/mol. The highest BCUT2D eigenvalue weighted by Crippen LogP contribution is 2.37. The molecule has 0 bridgehead atoms. The Hall–Kier alpha value is -5.53. The van der Waals surface area contributed by atoms with E-state index in [4.69, 9.17) is 18.9 Å². The highest BCUT2D eigenvalue weighted by atomic mass is 32.1. The summed E-state index contributed by atoms with van der Waals surface area (Å²) in [5.74, 6) is -4.40. The molecule has 0 spiro atoms. The topological polar surface area (TPSA) is 173 Å². The number of carbonyl (C=O) groups excluding carboxylic acids is 4. The van der Waals surface area contributed by atoms with Crippen LogP contribution >= 0.6 is 11.3 Å². The van der Waals surface area contributed by atoms with Crippen LogP contribution in [0.5, 0.6) is 5.75 Å². The van der Waals surface area contributed by atoms with Crippen molar-refractivity contribution in [1.82, 2.24) is 31.2 Å². The molecular formula is C51H65F2N7O8S. The summed E-state index contributed by atoms with van der Waals surface area (Å²) in [6, 6.07) is 18.4. The quantitative estimate of drug-likeness (QED) is 0.0699. The molecule has 1 saturated carbocycles. The van der Waals surface area contributed by atoms with Gasteiger partial charge in [0.1, 0.15) is 24.7 Å². The van der Waals surface area contributed by atoms with E-state index < -0.39 is 53.5 Å². The number of hydrogen-bond acceptors (Lipinski definition) is 12. The zero-order valence-corrected chi connectivity index (χ0v) is 40.3. The van der Waals surface area contributed by atoms with Gasteiger partial charge in [0.15, 0.2) is 16.7 Å². The Morgan fingerprint density at radius 3 is 2.14 bits per heavy atom. The molecule has 0 radical (unpaired) electrons. The lowest BCUT2D eigenvalue weighted by Crippen LogP contribution is -2.59. The van der Waals surface area contributed by atoms with E-state index in [9.17, 15) is 23.6 Å². The lowest BCUT2D eigenvalue weighted by Gasteiger charge is -2.36. The van der Waals surface area contributed by atoms with Crippen LogP contribution < -0.4 is 30.9 Å². The molecule has 4 atom stereocenters. The van der Waals surface area contributed by atoms with Gasteiger partial charge in [0.05, 0.1) is 51.4 Å². The van der Waals surface area contributed by atoms with Crippen LogP contribution in [0.15, 0.2) is 78.2 Å². The van der Waals surface area contributed by atoms with Gasteiger partial charge in [-0.25, -0.2) is 9.37 Å². The van der Waals surface area contributed by atoms with Gasteiger partial charge in [0.2, 0.25) is 29.4 Å². The zero-order valence-electron chi connectivity index (χ0n) is 39.5. The monoisotopic (exact) mass is 973 g/mol. The molecular weight excluding hydrogens is 909 g/mol. The number of rotatable bonds is 23. The Kier molecular flexibility index (Phi) is 19.3. The van der Waals surface area contributed by atoms with Crippen LogP contribution in [-0.2, 0) is 33.4 Å². The van der Waals surface area contributed by atoms with E-state index in [-0.39, 0.29) is 63.1 Å². The Morgan fingerprint density at radius 1 is 0.797 bits per heavy atom. The maximum absolute atomic E-state index is 15.0. The van der Waals surface area contributed by atoms with Gasteiger partial charge in [-0.3, -0.25) is 19.2 Å². The van der Waals surface area contributed by atoms with Crippen molar-refractivity contribution in [3.8, 4) is 17.0 Å². The first-order valence-corrected chi connectivity index (χ1v) is 25.0. The van der Waals surface area contributed by atoms with E-state index in [0.717, 1.165) is 54.4 Å². The second-order valence-electron chi connectivity index (χ2n) is 17.6. The van der Waals surface area contributed by atoms with E-state index >= 15 is 4.39 Å². The number of benzene rings is 3. The highest BCUT2D eigenvalue weighted by Gasteiger charge is 2.43. The van der Waals surface area contributed by atoms with Crippen molar-refractivity contribution >= 4 is 40.1 Å². The number of halogens is 2. The molecule has 372 valence electrons. The van der Waals surface area contributed by atoms with E-state index in [1.54, 1.807) is 24.3 Å². The van der Waals surface area contributed by atoms with E-state index in [0.29, 0.717) is 56.9 Å². The molecule has 3 aromatic carbocycles. The summed E-state index contributed by atoms with van der Waals surface area (Å²) in [5, 5.41) is 14.6. The molecule has 2 aliphatic heterocycles. The van der Waals surface area contributed by atoms with Crippen LogP contribution in [0.1, 0.15) is 68.9 Å². The van der Waals surface area contributed by atoms with Crippen molar-refractivity contribution in [3.63, 3.8) is 0 Å². The minimum atomic E-state index is -1.10. The van der Waals surface area contributed by atoms with Crippen molar-refractivity contribution in [1.29, 1.82) is 0 Å². The number of anilines is 1. The van der Waals surface area contributed by atoms with Gasteiger partial charge in [-0.1, -0.05) is 79.9 Å². The lowest BCUT2D eigenvalue weighted by molar-refractivity contribution is -0.143. The number of ether oxygens (including phenoxy) is 4. The van der Waals surface area contributed by atoms with Crippen LogP contribution in [0.4, 0.5) is 13.9 Å². The van der Waals surface area contributed by atoms with Crippen molar-refractivity contribution in [2.24, 2.45) is 5.92 Å². The molecule has 7 rings (SSSR count). The van der Waals surface area contributed by atoms with Crippen LogP contribution in [0, 0.1) is 17.6 Å². The number of thiazole rings is 1. The first-order valence-electron chi connectivity index (χ1n) is 24.2. The fourth-order valence-corrected chi connectivity index (χ4v) is 10.1. The molecule has 4 aromatic rings. The summed E-state index contributed by atoms with van der Waals surface area (Å²) < 4.78 is 51.9. The zero-order chi connectivity index (χ0) is 48.5. The van der Waals surface area contributed by atoms with Gasteiger partial charge >= 0.3 is 0 Å². The number of amides is 4. The number of aromatic nitrogens is 1. The van der Waals surface area contributed by atoms with Crippen molar-refractivity contribution in [3.05, 3.63) is 101 Å². The number of nitrogens with zero attached hydrogens (tertiary/aromatic N) is 3. The largest absolute Gasteiger partial charge is 0.487 e. The molecule has 1 aliphatic carbocycles. The van der Waals surface area contributed by atoms with Crippen molar-refractivity contribution in [2.45, 2.75) is 82.0 Å². The third-order valence-corrected chi connectivity index (χ3v) is 14.0. The second-order valence-corrected chi connectivity index (χ2v) is 18.4. The highest BCUT2D eigenvalue weighted by molar-refractivity contribution is 7.14. The van der Waals surface area contributed by atoms with Crippen LogP contribution in [0.3, 0.4) is 0 Å². The SMILES string of the molecule is CN[C@@H](C)C(=O)N[C@H](C(=O)N1CCCC1C(=O)N[C@H](C(=O)NCCOCCOCCOc1c(-c2csc(N3CCOCC3)n2)ccc(F)c1F)C(c1ccccc1)c1ccccc1)C1CCCCC1. The maximum Gasteiger partial charge on any atom is 0.246 e. The number of likely N-dealkylation sites (N-methyl/N-ethyl adjacent to an activating group) is 1.